The second kappa shape index (κ2) is 6.65. The highest BCUT2D eigenvalue weighted by Crippen LogP contribution is 2.36. The molecular formula is C18H17BrN2OS2. The molecule has 3 aromatic rings. The Bertz CT molecular complexity index is 946. The molecule has 3 nitrogen and oxygen atoms in total. The van der Waals surface area contributed by atoms with Crippen molar-refractivity contribution in [1.82, 2.24) is 9.97 Å². The van der Waals surface area contributed by atoms with Gasteiger partial charge in [-0.15, -0.1) is 11.3 Å². The summed E-state index contributed by atoms with van der Waals surface area (Å²) in [6.07, 6.45) is 3.25. The molecule has 0 radical (unpaired) electrons. The first-order valence-electron chi connectivity index (χ1n) is 8.02. The van der Waals surface area contributed by atoms with Crippen molar-refractivity contribution >= 4 is 49.2 Å². The molecule has 1 aromatic carbocycles. The van der Waals surface area contributed by atoms with Gasteiger partial charge in [-0.1, -0.05) is 46.7 Å². The van der Waals surface area contributed by atoms with Crippen LogP contribution < -0.4 is 5.56 Å². The van der Waals surface area contributed by atoms with Crippen molar-refractivity contribution in [2.45, 2.75) is 37.1 Å². The fourth-order valence-corrected chi connectivity index (χ4v) is 5.65. The van der Waals surface area contributed by atoms with E-state index in [-0.39, 0.29) is 5.56 Å². The summed E-state index contributed by atoms with van der Waals surface area (Å²) < 4.78 is 1.07. The third-order valence-electron chi connectivity index (χ3n) is 4.43. The summed E-state index contributed by atoms with van der Waals surface area (Å²) in [5.74, 6) is 1.50. The van der Waals surface area contributed by atoms with Crippen molar-refractivity contribution in [2.75, 3.05) is 0 Å². The minimum atomic E-state index is 0.0189. The van der Waals surface area contributed by atoms with Crippen molar-refractivity contribution < 1.29 is 0 Å². The fourth-order valence-electron chi connectivity index (χ4n) is 3.13. The molecule has 1 N–H and O–H groups in total. The lowest BCUT2D eigenvalue weighted by Crippen LogP contribution is -2.13. The zero-order valence-corrected chi connectivity index (χ0v) is 16.5. The second-order valence-electron chi connectivity index (χ2n) is 6.32. The van der Waals surface area contributed by atoms with Crippen molar-refractivity contribution in [3.8, 4) is 0 Å². The predicted molar refractivity (Wildman–Crippen MR) is 105 cm³/mol. The lowest BCUT2D eigenvalue weighted by molar-refractivity contribution is 0.509. The number of halogens is 1. The van der Waals surface area contributed by atoms with Gasteiger partial charge in [0, 0.05) is 15.1 Å². The molecule has 0 amide bonds. The summed E-state index contributed by atoms with van der Waals surface area (Å²) in [4.78, 5) is 22.5. The van der Waals surface area contributed by atoms with E-state index in [1.54, 1.807) is 23.1 Å². The van der Waals surface area contributed by atoms with E-state index in [9.17, 15) is 4.79 Å². The van der Waals surface area contributed by atoms with Crippen LogP contribution in [0.3, 0.4) is 0 Å². The third-order valence-corrected chi connectivity index (χ3v) is 7.05. The van der Waals surface area contributed by atoms with Gasteiger partial charge in [0.25, 0.3) is 5.56 Å². The van der Waals surface area contributed by atoms with E-state index in [4.69, 9.17) is 4.98 Å². The van der Waals surface area contributed by atoms with Gasteiger partial charge in [0.2, 0.25) is 0 Å². The Balaban J connectivity index is 1.63. The number of thiophene rings is 1. The first-order chi connectivity index (χ1) is 11.6. The molecule has 0 spiro atoms. The summed E-state index contributed by atoms with van der Waals surface area (Å²) in [5, 5.41) is 1.54. The maximum atomic E-state index is 12.6. The SMILES string of the molecule is C[C@H]1CCc2c(sc3nc(SCc4ccc(Br)cc4)[nH]c(=O)c23)C1. The number of thioether (sulfide) groups is 1. The summed E-state index contributed by atoms with van der Waals surface area (Å²) >= 11 is 6.73. The van der Waals surface area contributed by atoms with Gasteiger partial charge in [-0.05, 0) is 48.4 Å². The van der Waals surface area contributed by atoms with Crippen LogP contribution in [0.1, 0.15) is 29.3 Å². The number of aromatic nitrogens is 2. The summed E-state index contributed by atoms with van der Waals surface area (Å²) in [7, 11) is 0. The van der Waals surface area contributed by atoms with E-state index in [1.807, 2.05) is 12.1 Å². The Morgan fingerprint density at radius 3 is 2.96 bits per heavy atom. The topological polar surface area (TPSA) is 45.8 Å². The molecule has 6 heteroatoms. The minimum Gasteiger partial charge on any atom is -0.301 e. The van der Waals surface area contributed by atoms with Crippen LogP contribution in [0.25, 0.3) is 10.2 Å². The number of H-pyrrole nitrogens is 1. The van der Waals surface area contributed by atoms with Gasteiger partial charge < -0.3 is 4.98 Å². The molecular weight excluding hydrogens is 404 g/mol. The molecule has 0 aliphatic heterocycles. The van der Waals surface area contributed by atoms with Crippen LogP contribution in [-0.2, 0) is 18.6 Å². The Kier molecular flexibility index (Phi) is 4.54. The zero-order chi connectivity index (χ0) is 16.7. The van der Waals surface area contributed by atoms with Crippen LogP contribution in [0.15, 0.2) is 38.7 Å². The molecule has 4 rings (SSSR count). The molecule has 2 aromatic heterocycles. The highest BCUT2D eigenvalue weighted by Gasteiger charge is 2.23. The van der Waals surface area contributed by atoms with Gasteiger partial charge >= 0.3 is 0 Å². The second-order valence-corrected chi connectivity index (χ2v) is 9.28. The van der Waals surface area contributed by atoms with E-state index < -0.39 is 0 Å². The number of aromatic amines is 1. The molecule has 24 heavy (non-hydrogen) atoms. The van der Waals surface area contributed by atoms with E-state index in [0.29, 0.717) is 11.1 Å². The maximum Gasteiger partial charge on any atom is 0.260 e. The van der Waals surface area contributed by atoms with Crippen molar-refractivity contribution in [3.63, 3.8) is 0 Å². The van der Waals surface area contributed by atoms with Crippen LogP contribution in [-0.4, -0.2) is 9.97 Å². The van der Waals surface area contributed by atoms with Crippen molar-refractivity contribution in [3.05, 3.63) is 55.1 Å². The lowest BCUT2D eigenvalue weighted by atomic mass is 9.89. The highest BCUT2D eigenvalue weighted by atomic mass is 79.9. The summed E-state index contributed by atoms with van der Waals surface area (Å²) in [5.41, 5.74) is 2.47. The number of hydrogen-bond acceptors (Lipinski definition) is 4. The lowest BCUT2D eigenvalue weighted by Gasteiger charge is -2.17. The molecule has 1 aliphatic carbocycles. The van der Waals surface area contributed by atoms with Crippen LogP contribution in [0.4, 0.5) is 0 Å². The van der Waals surface area contributed by atoms with Gasteiger partial charge in [-0.2, -0.15) is 0 Å². The van der Waals surface area contributed by atoms with Crippen LogP contribution in [0, 0.1) is 5.92 Å². The van der Waals surface area contributed by atoms with Crippen LogP contribution >= 0.6 is 39.0 Å². The molecule has 0 bridgehead atoms. The molecule has 0 fully saturated rings. The summed E-state index contributed by atoms with van der Waals surface area (Å²) in [6.45, 7) is 2.28. The molecule has 0 unspecified atom stereocenters. The Morgan fingerprint density at radius 1 is 1.38 bits per heavy atom. The van der Waals surface area contributed by atoms with Crippen molar-refractivity contribution in [1.29, 1.82) is 0 Å². The number of aryl methyl sites for hydroxylation is 1. The first-order valence-corrected chi connectivity index (χ1v) is 10.6. The van der Waals surface area contributed by atoms with Gasteiger partial charge in [-0.3, -0.25) is 4.79 Å². The standard InChI is InChI=1S/C18H17BrN2OS2/c1-10-2-7-13-14(8-10)24-17-15(13)16(22)20-18(21-17)23-9-11-3-5-12(19)6-4-11/h3-6,10H,2,7-9H2,1H3,(H,20,21,22)/t10-/m0/s1. The van der Waals surface area contributed by atoms with Gasteiger partial charge in [-0.25, -0.2) is 4.98 Å². The number of fused-ring (bicyclic) bond motifs is 3. The largest absolute Gasteiger partial charge is 0.301 e. The average Bonchev–Trinajstić information content (AvgIpc) is 2.92. The average molecular weight is 421 g/mol. The molecule has 0 saturated carbocycles. The quantitative estimate of drug-likeness (QED) is 0.469. The van der Waals surface area contributed by atoms with Gasteiger partial charge in [0.05, 0.1) is 5.39 Å². The zero-order valence-electron chi connectivity index (χ0n) is 13.3. The minimum absolute atomic E-state index is 0.0189. The van der Waals surface area contributed by atoms with E-state index in [0.717, 1.165) is 33.3 Å². The smallest absolute Gasteiger partial charge is 0.260 e. The Morgan fingerprint density at radius 2 is 2.17 bits per heavy atom. The van der Waals surface area contributed by atoms with E-state index in [2.05, 4.69) is 40.0 Å². The Labute approximate surface area is 157 Å². The van der Waals surface area contributed by atoms with Crippen LogP contribution in [0.2, 0.25) is 0 Å². The molecule has 1 atom stereocenters. The van der Waals surface area contributed by atoms with Gasteiger partial charge in [0.15, 0.2) is 5.16 Å². The molecule has 2 heterocycles. The molecule has 124 valence electrons. The normalized spacial score (nSPS) is 17.2. The van der Waals surface area contributed by atoms with E-state index in [1.165, 1.54) is 22.4 Å². The summed E-state index contributed by atoms with van der Waals surface area (Å²) in [6, 6.07) is 8.23. The number of nitrogens with zero attached hydrogens (tertiary/aromatic N) is 1. The molecule has 1 aliphatic rings. The fraction of sp³-hybridized carbons (Fsp3) is 0.333. The first kappa shape index (κ1) is 16.4. The van der Waals surface area contributed by atoms with Gasteiger partial charge in [0.1, 0.15) is 4.83 Å². The maximum absolute atomic E-state index is 12.6. The Hall–Kier alpha value is -1.11. The number of rotatable bonds is 3. The number of nitrogens with one attached hydrogen (secondary N) is 1. The van der Waals surface area contributed by atoms with E-state index >= 15 is 0 Å². The number of benzene rings is 1. The van der Waals surface area contributed by atoms with Crippen LogP contribution in [0.5, 0.6) is 0 Å². The monoisotopic (exact) mass is 420 g/mol. The number of hydrogen-bond donors (Lipinski definition) is 1. The molecule has 0 saturated heterocycles. The van der Waals surface area contributed by atoms with Crippen molar-refractivity contribution in [2.24, 2.45) is 5.92 Å². The third kappa shape index (κ3) is 3.19. The predicted octanol–water partition coefficient (Wildman–Crippen LogP) is 5.16. The highest BCUT2D eigenvalue weighted by molar-refractivity contribution is 9.10.